The highest BCUT2D eigenvalue weighted by molar-refractivity contribution is 5.07. The number of H-pyrrole nitrogens is 1. The van der Waals surface area contributed by atoms with E-state index in [0.29, 0.717) is 5.82 Å². The summed E-state index contributed by atoms with van der Waals surface area (Å²) in [5.74, 6) is 0.623. The molecule has 0 saturated heterocycles. The highest BCUT2D eigenvalue weighted by atomic mass is 16.3. The van der Waals surface area contributed by atoms with Crippen LogP contribution < -0.4 is 5.73 Å². The van der Waals surface area contributed by atoms with E-state index in [1.807, 2.05) is 6.92 Å². The van der Waals surface area contributed by atoms with Gasteiger partial charge in [-0.1, -0.05) is 0 Å². The summed E-state index contributed by atoms with van der Waals surface area (Å²) in [5.41, 5.74) is 5.90. The molecule has 4 N–H and O–H groups in total. The minimum atomic E-state index is -0.756. The minimum absolute atomic E-state index is 0.111. The Labute approximate surface area is 65.5 Å². The van der Waals surface area contributed by atoms with Gasteiger partial charge in [0.15, 0.2) is 0 Å². The third kappa shape index (κ3) is 1.58. The second-order valence-corrected chi connectivity index (χ2v) is 2.99. The van der Waals surface area contributed by atoms with Crippen molar-refractivity contribution in [2.75, 3.05) is 6.61 Å². The molecule has 0 amide bonds. The summed E-state index contributed by atoms with van der Waals surface area (Å²) < 4.78 is 0. The predicted molar refractivity (Wildman–Crippen MR) is 41.9 cm³/mol. The summed E-state index contributed by atoms with van der Waals surface area (Å²) in [6.45, 7) is 3.51. The fourth-order valence-corrected chi connectivity index (χ4v) is 0.778. The fraction of sp³-hybridized carbons (Fsp3) is 0.571. The van der Waals surface area contributed by atoms with E-state index in [4.69, 9.17) is 10.8 Å². The van der Waals surface area contributed by atoms with Crippen LogP contribution in [-0.2, 0) is 5.54 Å². The zero-order chi connectivity index (χ0) is 8.48. The number of imidazole rings is 1. The Morgan fingerprint density at radius 1 is 1.82 bits per heavy atom. The molecule has 11 heavy (non-hydrogen) atoms. The second kappa shape index (κ2) is 2.64. The van der Waals surface area contributed by atoms with Gasteiger partial charge >= 0.3 is 0 Å². The van der Waals surface area contributed by atoms with Crippen molar-refractivity contribution in [3.05, 3.63) is 17.7 Å². The first-order valence-corrected chi connectivity index (χ1v) is 3.48. The van der Waals surface area contributed by atoms with Crippen molar-refractivity contribution in [3.63, 3.8) is 0 Å². The van der Waals surface area contributed by atoms with Crippen molar-refractivity contribution in [3.8, 4) is 0 Å². The second-order valence-electron chi connectivity index (χ2n) is 2.99. The largest absolute Gasteiger partial charge is 0.394 e. The van der Waals surface area contributed by atoms with E-state index in [2.05, 4.69) is 9.97 Å². The number of aromatic nitrogens is 2. The molecular weight excluding hydrogens is 142 g/mol. The lowest BCUT2D eigenvalue weighted by Crippen LogP contribution is -2.38. The van der Waals surface area contributed by atoms with Crippen LogP contribution in [-0.4, -0.2) is 21.7 Å². The van der Waals surface area contributed by atoms with Crippen LogP contribution in [0.3, 0.4) is 0 Å². The normalized spacial score (nSPS) is 16.4. The van der Waals surface area contributed by atoms with Gasteiger partial charge in [0.25, 0.3) is 0 Å². The molecule has 62 valence electrons. The SMILES string of the molecule is Cc1cnc(C(C)(N)CO)[nH]1. The monoisotopic (exact) mass is 155 g/mol. The summed E-state index contributed by atoms with van der Waals surface area (Å²) in [7, 11) is 0. The van der Waals surface area contributed by atoms with Crippen molar-refractivity contribution in [1.29, 1.82) is 0 Å². The molecule has 0 aliphatic rings. The molecule has 1 aromatic rings. The van der Waals surface area contributed by atoms with Gasteiger partial charge in [0, 0.05) is 11.9 Å². The Morgan fingerprint density at radius 2 is 2.45 bits per heavy atom. The Kier molecular flexibility index (Phi) is 1.97. The quantitative estimate of drug-likeness (QED) is 0.557. The molecule has 0 aliphatic carbocycles. The first kappa shape index (κ1) is 8.23. The summed E-state index contributed by atoms with van der Waals surface area (Å²) in [6.07, 6.45) is 1.69. The number of aliphatic hydroxyl groups is 1. The molecule has 0 bridgehead atoms. The lowest BCUT2D eigenvalue weighted by Gasteiger charge is -2.18. The van der Waals surface area contributed by atoms with Crippen LogP contribution in [0.5, 0.6) is 0 Å². The third-order valence-corrected chi connectivity index (χ3v) is 1.57. The molecule has 0 saturated carbocycles. The Balaban J connectivity index is 2.92. The molecular formula is C7H13N3O. The summed E-state index contributed by atoms with van der Waals surface area (Å²) in [6, 6.07) is 0. The molecule has 4 heteroatoms. The number of rotatable bonds is 2. The minimum Gasteiger partial charge on any atom is -0.394 e. The molecule has 4 nitrogen and oxygen atoms in total. The maximum Gasteiger partial charge on any atom is 0.128 e. The van der Waals surface area contributed by atoms with E-state index in [-0.39, 0.29) is 6.61 Å². The van der Waals surface area contributed by atoms with Crippen LogP contribution in [0.2, 0.25) is 0 Å². The van der Waals surface area contributed by atoms with E-state index < -0.39 is 5.54 Å². The Morgan fingerprint density at radius 3 is 2.82 bits per heavy atom. The summed E-state index contributed by atoms with van der Waals surface area (Å²) in [4.78, 5) is 6.99. The number of nitrogens with one attached hydrogen (secondary N) is 1. The van der Waals surface area contributed by atoms with Crippen molar-refractivity contribution < 1.29 is 5.11 Å². The van der Waals surface area contributed by atoms with Crippen molar-refractivity contribution in [2.45, 2.75) is 19.4 Å². The number of hydrogen-bond acceptors (Lipinski definition) is 3. The number of nitrogens with zero attached hydrogens (tertiary/aromatic N) is 1. The van der Waals surface area contributed by atoms with Gasteiger partial charge in [-0.2, -0.15) is 0 Å². The van der Waals surface area contributed by atoms with Gasteiger partial charge in [-0.15, -0.1) is 0 Å². The first-order valence-electron chi connectivity index (χ1n) is 3.48. The molecule has 0 aromatic carbocycles. The fourth-order valence-electron chi connectivity index (χ4n) is 0.778. The average molecular weight is 155 g/mol. The predicted octanol–water partition coefficient (Wildman–Crippen LogP) is -0.116. The third-order valence-electron chi connectivity index (χ3n) is 1.57. The maximum atomic E-state index is 8.87. The average Bonchev–Trinajstić information content (AvgIpc) is 2.36. The van der Waals surface area contributed by atoms with Gasteiger partial charge in [0.05, 0.1) is 12.1 Å². The molecule has 1 atom stereocenters. The van der Waals surface area contributed by atoms with Gasteiger partial charge in [-0.25, -0.2) is 4.98 Å². The van der Waals surface area contributed by atoms with Crippen LogP contribution >= 0.6 is 0 Å². The van der Waals surface area contributed by atoms with Crippen LogP contribution in [0.1, 0.15) is 18.4 Å². The Bertz CT molecular complexity index is 242. The molecule has 0 fully saturated rings. The number of nitrogens with two attached hydrogens (primary N) is 1. The molecule has 1 aromatic heterocycles. The van der Waals surface area contributed by atoms with Crippen molar-refractivity contribution in [1.82, 2.24) is 9.97 Å². The number of aryl methyl sites for hydroxylation is 1. The van der Waals surface area contributed by atoms with Crippen LogP contribution in [0.15, 0.2) is 6.20 Å². The van der Waals surface area contributed by atoms with E-state index in [1.165, 1.54) is 0 Å². The topological polar surface area (TPSA) is 74.9 Å². The lowest BCUT2D eigenvalue weighted by molar-refractivity contribution is 0.203. The summed E-state index contributed by atoms with van der Waals surface area (Å²) in [5, 5.41) is 8.87. The van der Waals surface area contributed by atoms with Gasteiger partial charge < -0.3 is 15.8 Å². The van der Waals surface area contributed by atoms with Crippen molar-refractivity contribution in [2.24, 2.45) is 5.73 Å². The van der Waals surface area contributed by atoms with Crippen LogP contribution in [0.4, 0.5) is 0 Å². The molecule has 0 aliphatic heterocycles. The highest BCUT2D eigenvalue weighted by Gasteiger charge is 2.22. The highest BCUT2D eigenvalue weighted by Crippen LogP contribution is 2.12. The first-order chi connectivity index (χ1) is 5.06. The van der Waals surface area contributed by atoms with Crippen LogP contribution in [0.25, 0.3) is 0 Å². The molecule has 1 rings (SSSR count). The number of aliphatic hydroxyl groups excluding tert-OH is 1. The van der Waals surface area contributed by atoms with Crippen molar-refractivity contribution >= 4 is 0 Å². The van der Waals surface area contributed by atoms with E-state index in [0.717, 1.165) is 5.69 Å². The smallest absolute Gasteiger partial charge is 0.128 e. The Hall–Kier alpha value is -0.870. The maximum absolute atomic E-state index is 8.87. The van der Waals surface area contributed by atoms with Crippen LogP contribution in [0, 0.1) is 6.92 Å². The zero-order valence-electron chi connectivity index (χ0n) is 6.76. The summed E-state index contributed by atoms with van der Waals surface area (Å²) >= 11 is 0. The number of hydrogen-bond donors (Lipinski definition) is 3. The van der Waals surface area contributed by atoms with E-state index in [1.54, 1.807) is 13.1 Å². The van der Waals surface area contributed by atoms with Gasteiger partial charge in [-0.3, -0.25) is 0 Å². The lowest BCUT2D eigenvalue weighted by atomic mass is 10.1. The molecule has 1 heterocycles. The van der Waals surface area contributed by atoms with Gasteiger partial charge in [0.2, 0.25) is 0 Å². The molecule has 0 radical (unpaired) electrons. The molecule has 1 unspecified atom stereocenters. The molecule has 0 spiro atoms. The number of aromatic amines is 1. The van der Waals surface area contributed by atoms with E-state index in [9.17, 15) is 0 Å². The standard InChI is InChI=1S/C7H13N3O/c1-5-3-9-6(10-5)7(2,8)4-11/h3,11H,4,8H2,1-2H3,(H,9,10). The van der Waals surface area contributed by atoms with E-state index >= 15 is 0 Å². The zero-order valence-corrected chi connectivity index (χ0v) is 6.76. The van der Waals surface area contributed by atoms with Gasteiger partial charge in [0.1, 0.15) is 5.82 Å². The van der Waals surface area contributed by atoms with Gasteiger partial charge in [-0.05, 0) is 13.8 Å².